The van der Waals surface area contributed by atoms with E-state index in [0.29, 0.717) is 6.54 Å². The first-order valence-electron chi connectivity index (χ1n) is 6.55. The van der Waals surface area contributed by atoms with Gasteiger partial charge in [0, 0.05) is 21.7 Å². The van der Waals surface area contributed by atoms with E-state index in [0.717, 1.165) is 20.0 Å². The number of halogens is 2. The number of hydrogen-bond acceptors (Lipinski definition) is 3. The van der Waals surface area contributed by atoms with Crippen molar-refractivity contribution in [2.24, 2.45) is 0 Å². The Kier molecular flexibility index (Phi) is 4.10. The van der Waals surface area contributed by atoms with Crippen molar-refractivity contribution in [3.8, 4) is 0 Å². The second-order valence-corrected chi connectivity index (χ2v) is 5.97. The van der Waals surface area contributed by atoms with Crippen molar-refractivity contribution in [1.29, 1.82) is 0 Å². The molecule has 0 spiro atoms. The topological polar surface area (TPSA) is 44.1 Å². The van der Waals surface area contributed by atoms with Gasteiger partial charge in [0.2, 0.25) is 0 Å². The zero-order valence-corrected chi connectivity index (χ0v) is 13.9. The lowest BCUT2D eigenvalue weighted by molar-refractivity contribution is 0.0594. The van der Waals surface area contributed by atoms with Gasteiger partial charge in [-0.1, -0.05) is 12.1 Å². The van der Waals surface area contributed by atoms with Crippen LogP contribution < -0.4 is 0 Å². The van der Waals surface area contributed by atoms with Gasteiger partial charge in [0.05, 0.1) is 18.8 Å². The molecule has 0 amide bonds. The molecule has 0 radical (unpaired) electrons. The molecule has 0 aliphatic rings. The molecule has 0 saturated carbocycles. The van der Waals surface area contributed by atoms with Crippen LogP contribution >= 0.6 is 22.6 Å². The summed E-state index contributed by atoms with van der Waals surface area (Å²) in [7, 11) is 1.33. The Morgan fingerprint density at radius 2 is 2.09 bits per heavy atom. The van der Waals surface area contributed by atoms with Crippen molar-refractivity contribution in [3.05, 3.63) is 63.4 Å². The van der Waals surface area contributed by atoms with Crippen LogP contribution in [0.3, 0.4) is 0 Å². The van der Waals surface area contributed by atoms with Crippen LogP contribution in [0.2, 0.25) is 0 Å². The normalized spacial score (nSPS) is 10.9. The van der Waals surface area contributed by atoms with Crippen molar-refractivity contribution in [2.45, 2.75) is 6.54 Å². The SMILES string of the molecule is COC(=O)c1cc2c(I)cn(Cc3ccc(F)cc3)c2cn1. The summed E-state index contributed by atoms with van der Waals surface area (Å²) in [6.45, 7) is 0.610. The van der Waals surface area contributed by atoms with E-state index in [-0.39, 0.29) is 11.5 Å². The summed E-state index contributed by atoms with van der Waals surface area (Å²) >= 11 is 2.22. The van der Waals surface area contributed by atoms with E-state index in [1.54, 1.807) is 24.4 Å². The second kappa shape index (κ2) is 6.04. The first kappa shape index (κ1) is 15.0. The smallest absolute Gasteiger partial charge is 0.356 e. The number of fused-ring (bicyclic) bond motifs is 1. The summed E-state index contributed by atoms with van der Waals surface area (Å²) in [5, 5.41) is 0.943. The molecule has 6 heteroatoms. The molecule has 0 saturated heterocycles. The summed E-state index contributed by atoms with van der Waals surface area (Å²) in [6, 6.07) is 8.12. The Bertz CT molecular complexity index is 843. The largest absolute Gasteiger partial charge is 0.464 e. The molecular formula is C16H12FIN2O2. The number of nitrogens with zero attached hydrogens (tertiary/aromatic N) is 2. The number of hydrogen-bond donors (Lipinski definition) is 0. The van der Waals surface area contributed by atoms with Crippen LogP contribution in [0.25, 0.3) is 10.9 Å². The van der Waals surface area contributed by atoms with Crippen molar-refractivity contribution >= 4 is 39.5 Å². The van der Waals surface area contributed by atoms with Gasteiger partial charge in [-0.15, -0.1) is 0 Å². The Morgan fingerprint density at radius 1 is 1.36 bits per heavy atom. The van der Waals surface area contributed by atoms with Crippen LogP contribution in [-0.4, -0.2) is 22.6 Å². The van der Waals surface area contributed by atoms with Gasteiger partial charge in [-0.2, -0.15) is 0 Å². The third kappa shape index (κ3) is 2.83. The Hall–Kier alpha value is -1.96. The van der Waals surface area contributed by atoms with Gasteiger partial charge in [0.25, 0.3) is 0 Å². The molecule has 1 aromatic carbocycles. The molecule has 2 aromatic heterocycles. The second-order valence-electron chi connectivity index (χ2n) is 4.81. The number of carbonyl (C=O) groups is 1. The third-order valence-corrected chi connectivity index (χ3v) is 4.24. The molecule has 0 aliphatic heterocycles. The predicted molar refractivity (Wildman–Crippen MR) is 89.3 cm³/mol. The Labute approximate surface area is 140 Å². The van der Waals surface area contributed by atoms with Crippen LogP contribution in [0.15, 0.2) is 42.7 Å². The zero-order chi connectivity index (χ0) is 15.7. The minimum atomic E-state index is -0.455. The number of carbonyl (C=O) groups excluding carboxylic acids is 1. The molecule has 0 aliphatic carbocycles. The fourth-order valence-corrected chi connectivity index (χ4v) is 3.05. The van der Waals surface area contributed by atoms with Gasteiger partial charge in [-0.05, 0) is 46.4 Å². The molecule has 0 atom stereocenters. The van der Waals surface area contributed by atoms with E-state index in [4.69, 9.17) is 4.74 Å². The molecule has 4 nitrogen and oxygen atoms in total. The van der Waals surface area contributed by atoms with E-state index in [9.17, 15) is 9.18 Å². The van der Waals surface area contributed by atoms with Gasteiger partial charge < -0.3 is 9.30 Å². The number of aromatic nitrogens is 2. The van der Waals surface area contributed by atoms with Crippen molar-refractivity contribution in [1.82, 2.24) is 9.55 Å². The lowest BCUT2D eigenvalue weighted by atomic mass is 10.2. The Balaban J connectivity index is 2.00. The van der Waals surface area contributed by atoms with Gasteiger partial charge in [0.1, 0.15) is 11.5 Å². The molecule has 0 N–H and O–H groups in total. The number of benzene rings is 1. The average Bonchev–Trinajstić information content (AvgIpc) is 2.84. The summed E-state index contributed by atoms with van der Waals surface area (Å²) in [5.41, 5.74) is 2.19. The summed E-state index contributed by atoms with van der Waals surface area (Å²) in [4.78, 5) is 15.7. The number of ether oxygens (including phenoxy) is 1. The minimum Gasteiger partial charge on any atom is -0.464 e. The Morgan fingerprint density at radius 3 is 2.77 bits per heavy atom. The molecule has 2 heterocycles. The minimum absolute atomic E-state index is 0.250. The number of pyridine rings is 1. The zero-order valence-electron chi connectivity index (χ0n) is 11.7. The standard InChI is InChI=1S/C16H12FIN2O2/c1-22-16(21)14-6-12-13(18)9-20(15(12)7-19-14)8-10-2-4-11(17)5-3-10/h2-7,9H,8H2,1H3. The molecule has 3 aromatic rings. The fourth-order valence-electron chi connectivity index (χ4n) is 2.28. The highest BCUT2D eigenvalue weighted by Crippen LogP contribution is 2.24. The highest BCUT2D eigenvalue weighted by molar-refractivity contribution is 14.1. The molecule has 0 bridgehead atoms. The van der Waals surface area contributed by atoms with Crippen LogP contribution in [-0.2, 0) is 11.3 Å². The molecule has 22 heavy (non-hydrogen) atoms. The fraction of sp³-hybridized carbons (Fsp3) is 0.125. The van der Waals surface area contributed by atoms with Gasteiger partial charge >= 0.3 is 5.97 Å². The van der Waals surface area contributed by atoms with Gasteiger partial charge in [-0.3, -0.25) is 0 Å². The average molecular weight is 410 g/mol. The van der Waals surface area contributed by atoms with E-state index >= 15 is 0 Å². The first-order valence-corrected chi connectivity index (χ1v) is 7.63. The van der Waals surface area contributed by atoms with Crippen LogP contribution in [0, 0.1) is 9.39 Å². The van der Waals surface area contributed by atoms with E-state index < -0.39 is 5.97 Å². The number of rotatable bonds is 3. The number of esters is 1. The quantitative estimate of drug-likeness (QED) is 0.490. The van der Waals surface area contributed by atoms with Crippen molar-refractivity contribution < 1.29 is 13.9 Å². The molecular weight excluding hydrogens is 398 g/mol. The van der Waals surface area contributed by atoms with E-state index in [2.05, 4.69) is 27.6 Å². The maximum atomic E-state index is 13.0. The van der Waals surface area contributed by atoms with Crippen LogP contribution in [0.4, 0.5) is 4.39 Å². The first-order chi connectivity index (χ1) is 10.6. The highest BCUT2D eigenvalue weighted by Gasteiger charge is 2.13. The van der Waals surface area contributed by atoms with Gasteiger partial charge in [0.15, 0.2) is 0 Å². The lowest BCUT2D eigenvalue weighted by Crippen LogP contribution is -2.04. The van der Waals surface area contributed by atoms with Crippen LogP contribution in [0.5, 0.6) is 0 Å². The summed E-state index contributed by atoms with van der Waals surface area (Å²) < 4.78 is 20.7. The molecule has 112 valence electrons. The van der Waals surface area contributed by atoms with Gasteiger partial charge in [-0.25, -0.2) is 14.2 Å². The maximum absolute atomic E-state index is 13.0. The molecule has 0 fully saturated rings. The van der Waals surface area contributed by atoms with Crippen LogP contribution in [0.1, 0.15) is 16.1 Å². The lowest BCUT2D eigenvalue weighted by Gasteiger charge is -2.06. The molecule has 0 unspecified atom stereocenters. The molecule has 3 rings (SSSR count). The predicted octanol–water partition coefficient (Wildman–Crippen LogP) is 3.61. The number of methoxy groups -OCH3 is 1. The maximum Gasteiger partial charge on any atom is 0.356 e. The van der Waals surface area contributed by atoms with E-state index in [1.165, 1.54) is 19.2 Å². The van der Waals surface area contributed by atoms with E-state index in [1.807, 2.05) is 10.8 Å². The monoisotopic (exact) mass is 410 g/mol. The highest BCUT2D eigenvalue weighted by atomic mass is 127. The van der Waals surface area contributed by atoms with Crippen molar-refractivity contribution in [3.63, 3.8) is 0 Å². The summed E-state index contributed by atoms with van der Waals surface area (Å²) in [6.07, 6.45) is 3.64. The van der Waals surface area contributed by atoms with Crippen molar-refractivity contribution in [2.75, 3.05) is 7.11 Å². The summed E-state index contributed by atoms with van der Waals surface area (Å²) in [5.74, 6) is -0.705. The third-order valence-electron chi connectivity index (χ3n) is 3.38.